The summed E-state index contributed by atoms with van der Waals surface area (Å²) in [6.45, 7) is 4.27. The molecule has 0 radical (unpaired) electrons. The summed E-state index contributed by atoms with van der Waals surface area (Å²) in [6, 6.07) is 6.77. The average Bonchev–Trinajstić information content (AvgIpc) is 3.14. The second-order valence-electron chi connectivity index (χ2n) is 6.33. The minimum Gasteiger partial charge on any atom is -0.490 e. The molecule has 9 heteroatoms. The van der Waals surface area contributed by atoms with Gasteiger partial charge in [-0.15, -0.1) is 10.2 Å². The van der Waals surface area contributed by atoms with Crippen LogP contribution in [0.1, 0.15) is 20.3 Å². The van der Waals surface area contributed by atoms with Crippen molar-refractivity contribution in [2.75, 3.05) is 18.5 Å². The van der Waals surface area contributed by atoms with Crippen LogP contribution >= 0.6 is 22.9 Å². The largest absolute Gasteiger partial charge is 0.490 e. The lowest BCUT2D eigenvalue weighted by Crippen LogP contribution is -2.10. The molecule has 0 aliphatic carbocycles. The van der Waals surface area contributed by atoms with Crippen molar-refractivity contribution >= 4 is 28.8 Å². The predicted molar refractivity (Wildman–Crippen MR) is 110 cm³/mol. The normalized spacial score (nSPS) is 11.1. The van der Waals surface area contributed by atoms with Crippen LogP contribution in [-0.2, 0) is 0 Å². The number of rotatable bonds is 8. The van der Waals surface area contributed by atoms with Gasteiger partial charge in [0.05, 0.1) is 11.6 Å². The third kappa shape index (κ3) is 4.95. The summed E-state index contributed by atoms with van der Waals surface area (Å²) in [5.74, 6) is 0.287. The number of aliphatic hydroxyl groups is 1. The Kier molecular flexibility index (Phi) is 6.77. The van der Waals surface area contributed by atoms with Gasteiger partial charge in [-0.25, -0.2) is 9.37 Å². The number of ether oxygens (including phenoxy) is 1. The second-order valence-corrected chi connectivity index (χ2v) is 7.72. The van der Waals surface area contributed by atoms with Crippen LogP contribution in [0.4, 0.5) is 10.2 Å². The van der Waals surface area contributed by atoms with Gasteiger partial charge in [0.2, 0.25) is 0 Å². The number of aliphatic hydroxyl groups excluding tert-OH is 1. The molecular formula is C19H20ClFN4O2S. The molecule has 0 fully saturated rings. The predicted octanol–water partition coefficient (Wildman–Crippen LogP) is 4.64. The smallest absolute Gasteiger partial charge is 0.165 e. The Morgan fingerprint density at radius 1 is 1.25 bits per heavy atom. The maximum absolute atomic E-state index is 14.3. The highest BCUT2D eigenvalue weighted by molar-refractivity contribution is 7.18. The molecule has 0 bridgehead atoms. The summed E-state index contributed by atoms with van der Waals surface area (Å²) >= 11 is 7.60. The first-order chi connectivity index (χ1) is 13.5. The van der Waals surface area contributed by atoms with E-state index in [9.17, 15) is 4.39 Å². The molecule has 0 unspecified atom stereocenters. The van der Waals surface area contributed by atoms with Gasteiger partial charge in [-0.3, -0.25) is 0 Å². The fourth-order valence-corrected chi connectivity index (χ4v) is 3.56. The zero-order valence-corrected chi connectivity index (χ0v) is 17.0. The Balaban J connectivity index is 1.80. The highest BCUT2D eigenvalue weighted by atomic mass is 35.5. The van der Waals surface area contributed by atoms with E-state index in [0.29, 0.717) is 33.1 Å². The minimum absolute atomic E-state index is 0.0234. The third-order valence-corrected chi connectivity index (χ3v) is 5.00. The Bertz CT molecular complexity index is 934. The number of benzene rings is 1. The monoisotopic (exact) mass is 422 g/mol. The standard InChI is InChI=1S/C19H20ClFN4O2S/c1-11(2)23-17-5-4-12(10-22-17)18-24-25-19(28-18)13-8-15(21)16(9-14(13)20)27-7-3-6-26/h4-5,8-11,26H,3,6-7H2,1-2H3,(H,22,23). The van der Waals surface area contributed by atoms with Crippen LogP contribution in [-0.4, -0.2) is 39.5 Å². The molecule has 2 heterocycles. The molecule has 0 atom stereocenters. The highest BCUT2D eigenvalue weighted by Gasteiger charge is 2.16. The van der Waals surface area contributed by atoms with Gasteiger partial charge in [-0.2, -0.15) is 0 Å². The van der Waals surface area contributed by atoms with Gasteiger partial charge in [0.1, 0.15) is 15.8 Å². The van der Waals surface area contributed by atoms with Gasteiger partial charge >= 0.3 is 0 Å². The molecule has 2 N–H and O–H groups in total. The van der Waals surface area contributed by atoms with Gasteiger partial charge in [0.25, 0.3) is 0 Å². The zero-order valence-electron chi connectivity index (χ0n) is 15.4. The number of pyridine rings is 1. The number of aromatic nitrogens is 3. The van der Waals surface area contributed by atoms with E-state index in [4.69, 9.17) is 21.4 Å². The van der Waals surface area contributed by atoms with Crippen LogP contribution in [0.25, 0.3) is 21.1 Å². The van der Waals surface area contributed by atoms with Gasteiger partial charge in [0, 0.05) is 42.5 Å². The number of hydrogen-bond acceptors (Lipinski definition) is 7. The molecule has 0 aliphatic rings. The molecule has 0 spiro atoms. The Morgan fingerprint density at radius 3 is 2.71 bits per heavy atom. The Morgan fingerprint density at radius 2 is 2.04 bits per heavy atom. The fourth-order valence-electron chi connectivity index (χ4n) is 2.40. The third-order valence-electron chi connectivity index (χ3n) is 3.68. The summed E-state index contributed by atoms with van der Waals surface area (Å²) in [6.07, 6.45) is 2.13. The number of halogens is 2. The number of hydrogen-bond donors (Lipinski definition) is 2. The van der Waals surface area contributed by atoms with Crippen LogP contribution in [0.5, 0.6) is 5.75 Å². The maximum atomic E-state index is 14.3. The van der Waals surface area contributed by atoms with E-state index < -0.39 is 5.82 Å². The van der Waals surface area contributed by atoms with Crippen molar-refractivity contribution in [3.05, 3.63) is 41.3 Å². The van der Waals surface area contributed by atoms with Gasteiger partial charge in [-0.1, -0.05) is 22.9 Å². The first-order valence-corrected chi connectivity index (χ1v) is 9.97. The van der Waals surface area contributed by atoms with Crippen LogP contribution in [0, 0.1) is 5.82 Å². The van der Waals surface area contributed by atoms with Crippen LogP contribution in [0.3, 0.4) is 0 Å². The summed E-state index contributed by atoms with van der Waals surface area (Å²) in [5.41, 5.74) is 1.27. The SMILES string of the molecule is CC(C)Nc1ccc(-c2nnc(-c3cc(F)c(OCCCO)cc3Cl)s2)cn1. The number of anilines is 1. The Labute approximate surface area is 171 Å². The van der Waals surface area contributed by atoms with E-state index in [1.54, 1.807) is 6.20 Å². The summed E-state index contributed by atoms with van der Waals surface area (Å²) in [7, 11) is 0. The van der Waals surface area contributed by atoms with Gasteiger partial charge in [0.15, 0.2) is 11.6 Å². The molecule has 1 aromatic carbocycles. The van der Waals surface area contributed by atoms with Gasteiger partial charge in [-0.05, 0) is 32.0 Å². The molecule has 3 rings (SSSR count). The van der Waals surface area contributed by atoms with Crippen molar-refractivity contribution in [3.8, 4) is 26.9 Å². The zero-order chi connectivity index (χ0) is 20.1. The highest BCUT2D eigenvalue weighted by Crippen LogP contribution is 2.37. The van der Waals surface area contributed by atoms with Crippen LogP contribution < -0.4 is 10.1 Å². The molecular weight excluding hydrogens is 403 g/mol. The van der Waals surface area contributed by atoms with Crippen molar-refractivity contribution in [3.63, 3.8) is 0 Å². The van der Waals surface area contributed by atoms with Crippen molar-refractivity contribution in [1.29, 1.82) is 0 Å². The van der Waals surface area contributed by atoms with Gasteiger partial charge < -0.3 is 15.2 Å². The van der Waals surface area contributed by atoms with Crippen molar-refractivity contribution in [2.24, 2.45) is 0 Å². The van der Waals surface area contributed by atoms with Crippen molar-refractivity contribution < 1.29 is 14.2 Å². The quantitative estimate of drug-likeness (QED) is 0.515. The molecule has 2 aromatic heterocycles. The number of nitrogens with one attached hydrogen (secondary N) is 1. The van der Waals surface area contributed by atoms with E-state index in [-0.39, 0.29) is 19.0 Å². The molecule has 0 saturated carbocycles. The van der Waals surface area contributed by atoms with E-state index in [1.165, 1.54) is 23.5 Å². The fraction of sp³-hybridized carbons (Fsp3) is 0.316. The first-order valence-electron chi connectivity index (χ1n) is 8.77. The second kappa shape index (κ2) is 9.27. The molecule has 28 heavy (non-hydrogen) atoms. The van der Waals surface area contributed by atoms with E-state index >= 15 is 0 Å². The van der Waals surface area contributed by atoms with E-state index in [2.05, 4.69) is 20.5 Å². The number of nitrogens with zero attached hydrogens (tertiary/aromatic N) is 3. The average molecular weight is 423 g/mol. The summed E-state index contributed by atoms with van der Waals surface area (Å²) in [5, 5.41) is 21.8. The lowest BCUT2D eigenvalue weighted by atomic mass is 10.2. The lowest BCUT2D eigenvalue weighted by Gasteiger charge is -2.09. The molecule has 0 amide bonds. The first kappa shape index (κ1) is 20.4. The van der Waals surface area contributed by atoms with E-state index in [0.717, 1.165) is 11.4 Å². The van der Waals surface area contributed by atoms with Crippen molar-refractivity contribution in [1.82, 2.24) is 15.2 Å². The molecule has 3 aromatic rings. The summed E-state index contributed by atoms with van der Waals surface area (Å²) < 4.78 is 19.6. The summed E-state index contributed by atoms with van der Waals surface area (Å²) in [4.78, 5) is 4.36. The van der Waals surface area contributed by atoms with Crippen LogP contribution in [0.2, 0.25) is 5.02 Å². The lowest BCUT2D eigenvalue weighted by molar-refractivity contribution is 0.228. The van der Waals surface area contributed by atoms with Crippen LogP contribution in [0.15, 0.2) is 30.5 Å². The Hall–Kier alpha value is -2.29. The molecule has 0 saturated heterocycles. The molecule has 0 aliphatic heterocycles. The minimum atomic E-state index is -0.542. The van der Waals surface area contributed by atoms with E-state index in [1.807, 2.05) is 26.0 Å². The van der Waals surface area contributed by atoms with Crippen molar-refractivity contribution in [2.45, 2.75) is 26.3 Å². The maximum Gasteiger partial charge on any atom is 0.165 e. The topological polar surface area (TPSA) is 80.2 Å². The molecule has 6 nitrogen and oxygen atoms in total. The molecule has 148 valence electrons.